The van der Waals surface area contributed by atoms with Crippen molar-refractivity contribution >= 4 is 0 Å². The van der Waals surface area contributed by atoms with E-state index in [1.54, 1.807) is 0 Å². The molecule has 1 fully saturated rings. The van der Waals surface area contributed by atoms with Crippen LogP contribution in [0.25, 0.3) is 0 Å². The highest BCUT2D eigenvalue weighted by Crippen LogP contribution is 2.20. The van der Waals surface area contributed by atoms with Crippen LogP contribution in [0.3, 0.4) is 0 Å². The Morgan fingerprint density at radius 3 is 2.73 bits per heavy atom. The summed E-state index contributed by atoms with van der Waals surface area (Å²) in [6.45, 7) is 0.390. The van der Waals surface area contributed by atoms with Crippen molar-refractivity contribution in [2.75, 3.05) is 6.61 Å². The van der Waals surface area contributed by atoms with Gasteiger partial charge in [-0.2, -0.15) is 5.26 Å². The first-order chi connectivity index (χ1) is 5.33. The van der Waals surface area contributed by atoms with E-state index in [9.17, 15) is 0 Å². The van der Waals surface area contributed by atoms with Gasteiger partial charge in [0.1, 0.15) is 6.04 Å². The summed E-state index contributed by atoms with van der Waals surface area (Å²) in [6.07, 6.45) is 5.16. The molecule has 0 aromatic heterocycles. The lowest BCUT2D eigenvalue weighted by Crippen LogP contribution is -2.26. The molecule has 0 aromatic carbocycles. The molecular formula is C8H14N2O. The second kappa shape index (κ2) is 4.32. The molecule has 3 heteroatoms. The summed E-state index contributed by atoms with van der Waals surface area (Å²) in [7, 11) is 0. The minimum atomic E-state index is -0.449. The SMILES string of the molecule is N#CC(N)COC1CCCC1. The lowest BCUT2D eigenvalue weighted by atomic mass is 10.3. The number of nitrogens with two attached hydrogens (primary N) is 1. The molecule has 1 unspecified atom stereocenters. The van der Waals surface area contributed by atoms with E-state index in [4.69, 9.17) is 15.7 Å². The molecule has 0 bridgehead atoms. The number of nitrogens with zero attached hydrogens (tertiary/aromatic N) is 1. The lowest BCUT2D eigenvalue weighted by molar-refractivity contribution is 0.0561. The molecule has 1 saturated carbocycles. The minimum absolute atomic E-state index is 0.370. The van der Waals surface area contributed by atoms with Gasteiger partial charge >= 0.3 is 0 Å². The van der Waals surface area contributed by atoms with Gasteiger partial charge in [0.15, 0.2) is 0 Å². The zero-order valence-corrected chi connectivity index (χ0v) is 6.62. The van der Waals surface area contributed by atoms with Crippen LogP contribution in [-0.4, -0.2) is 18.8 Å². The first kappa shape index (κ1) is 8.51. The van der Waals surface area contributed by atoms with Crippen LogP contribution in [0.2, 0.25) is 0 Å². The second-order valence-electron chi connectivity index (χ2n) is 2.98. The summed E-state index contributed by atoms with van der Waals surface area (Å²) in [6, 6.07) is 1.49. The van der Waals surface area contributed by atoms with E-state index >= 15 is 0 Å². The van der Waals surface area contributed by atoms with Crippen LogP contribution in [0.1, 0.15) is 25.7 Å². The quantitative estimate of drug-likeness (QED) is 0.654. The van der Waals surface area contributed by atoms with Gasteiger partial charge in [0.05, 0.1) is 18.8 Å². The standard InChI is InChI=1S/C8H14N2O/c9-5-7(10)6-11-8-3-1-2-4-8/h7-8H,1-4,6,10H2. The molecule has 0 radical (unpaired) electrons. The molecule has 0 aromatic rings. The van der Waals surface area contributed by atoms with E-state index in [1.807, 2.05) is 6.07 Å². The fraction of sp³-hybridized carbons (Fsp3) is 0.875. The van der Waals surface area contributed by atoms with Crippen molar-refractivity contribution in [3.05, 3.63) is 0 Å². The Bertz CT molecular complexity index is 147. The van der Waals surface area contributed by atoms with Crippen molar-refractivity contribution in [3.63, 3.8) is 0 Å². The summed E-state index contributed by atoms with van der Waals surface area (Å²) in [5.74, 6) is 0. The zero-order valence-electron chi connectivity index (χ0n) is 6.62. The molecule has 0 spiro atoms. The van der Waals surface area contributed by atoms with Gasteiger partial charge in [0.2, 0.25) is 0 Å². The van der Waals surface area contributed by atoms with Gasteiger partial charge in [-0.15, -0.1) is 0 Å². The van der Waals surface area contributed by atoms with Gasteiger partial charge in [-0.3, -0.25) is 0 Å². The van der Waals surface area contributed by atoms with Crippen LogP contribution >= 0.6 is 0 Å². The van der Waals surface area contributed by atoms with Crippen molar-refractivity contribution in [1.29, 1.82) is 5.26 Å². The molecule has 0 amide bonds. The van der Waals surface area contributed by atoms with Gasteiger partial charge < -0.3 is 10.5 Å². The fourth-order valence-electron chi connectivity index (χ4n) is 1.33. The Hall–Kier alpha value is -0.590. The summed E-state index contributed by atoms with van der Waals surface area (Å²) in [4.78, 5) is 0. The van der Waals surface area contributed by atoms with Crippen LogP contribution in [0.5, 0.6) is 0 Å². The normalized spacial score (nSPS) is 21.5. The summed E-state index contributed by atoms with van der Waals surface area (Å²) in [5.41, 5.74) is 5.36. The fourth-order valence-corrected chi connectivity index (χ4v) is 1.33. The van der Waals surface area contributed by atoms with Crippen LogP contribution in [0.4, 0.5) is 0 Å². The van der Waals surface area contributed by atoms with Crippen molar-refractivity contribution in [2.24, 2.45) is 5.73 Å². The number of nitriles is 1. The van der Waals surface area contributed by atoms with Gasteiger partial charge in [-0.1, -0.05) is 12.8 Å². The Morgan fingerprint density at radius 1 is 1.55 bits per heavy atom. The Morgan fingerprint density at radius 2 is 2.18 bits per heavy atom. The van der Waals surface area contributed by atoms with Crippen LogP contribution in [0.15, 0.2) is 0 Å². The molecule has 1 aliphatic rings. The van der Waals surface area contributed by atoms with Crippen LogP contribution in [-0.2, 0) is 4.74 Å². The lowest BCUT2D eigenvalue weighted by Gasteiger charge is -2.11. The molecule has 0 aliphatic heterocycles. The van der Waals surface area contributed by atoms with E-state index < -0.39 is 6.04 Å². The van der Waals surface area contributed by atoms with Crippen molar-refractivity contribution < 1.29 is 4.74 Å². The average molecular weight is 154 g/mol. The maximum atomic E-state index is 8.35. The van der Waals surface area contributed by atoms with Gasteiger partial charge in [0, 0.05) is 0 Å². The number of ether oxygens (including phenoxy) is 1. The first-order valence-corrected chi connectivity index (χ1v) is 4.09. The third kappa shape index (κ3) is 2.87. The molecule has 3 nitrogen and oxygen atoms in total. The third-order valence-electron chi connectivity index (χ3n) is 1.98. The molecule has 1 rings (SSSR count). The van der Waals surface area contributed by atoms with Crippen molar-refractivity contribution in [1.82, 2.24) is 0 Å². The topological polar surface area (TPSA) is 59.0 Å². The van der Waals surface area contributed by atoms with E-state index in [-0.39, 0.29) is 0 Å². The highest BCUT2D eigenvalue weighted by molar-refractivity contribution is 4.86. The molecule has 1 atom stereocenters. The van der Waals surface area contributed by atoms with E-state index in [0.717, 1.165) is 12.8 Å². The highest BCUT2D eigenvalue weighted by atomic mass is 16.5. The van der Waals surface area contributed by atoms with E-state index in [1.165, 1.54) is 12.8 Å². The molecular weight excluding hydrogens is 140 g/mol. The largest absolute Gasteiger partial charge is 0.375 e. The first-order valence-electron chi connectivity index (χ1n) is 4.09. The second-order valence-corrected chi connectivity index (χ2v) is 2.98. The Labute approximate surface area is 67.1 Å². The van der Waals surface area contributed by atoms with E-state index in [0.29, 0.717) is 12.7 Å². The van der Waals surface area contributed by atoms with Gasteiger partial charge in [-0.05, 0) is 12.8 Å². The van der Waals surface area contributed by atoms with Crippen molar-refractivity contribution in [3.8, 4) is 6.07 Å². The molecule has 11 heavy (non-hydrogen) atoms. The minimum Gasteiger partial charge on any atom is -0.375 e. The Balaban J connectivity index is 2.07. The summed E-state index contributed by atoms with van der Waals surface area (Å²) in [5, 5.41) is 8.35. The molecule has 0 heterocycles. The van der Waals surface area contributed by atoms with Gasteiger partial charge in [0.25, 0.3) is 0 Å². The number of hydrogen-bond acceptors (Lipinski definition) is 3. The average Bonchev–Trinajstić information content (AvgIpc) is 2.52. The monoisotopic (exact) mass is 154 g/mol. The molecule has 2 N–H and O–H groups in total. The predicted molar refractivity (Wildman–Crippen MR) is 41.8 cm³/mol. The van der Waals surface area contributed by atoms with E-state index in [2.05, 4.69) is 0 Å². The van der Waals surface area contributed by atoms with Crippen LogP contribution in [0, 0.1) is 11.3 Å². The molecule has 0 saturated heterocycles. The molecule has 62 valence electrons. The predicted octanol–water partition coefficient (Wildman–Crippen LogP) is 0.796. The van der Waals surface area contributed by atoms with Crippen LogP contribution < -0.4 is 5.73 Å². The Kier molecular flexibility index (Phi) is 3.34. The van der Waals surface area contributed by atoms with Crippen molar-refractivity contribution in [2.45, 2.75) is 37.8 Å². The van der Waals surface area contributed by atoms with Gasteiger partial charge in [-0.25, -0.2) is 0 Å². The maximum absolute atomic E-state index is 8.35. The number of hydrogen-bond donors (Lipinski definition) is 1. The molecule has 1 aliphatic carbocycles. The number of rotatable bonds is 3. The summed E-state index contributed by atoms with van der Waals surface area (Å²) >= 11 is 0. The third-order valence-corrected chi connectivity index (χ3v) is 1.98. The smallest absolute Gasteiger partial charge is 0.116 e. The summed E-state index contributed by atoms with van der Waals surface area (Å²) < 4.78 is 5.41. The highest BCUT2D eigenvalue weighted by Gasteiger charge is 2.15. The maximum Gasteiger partial charge on any atom is 0.116 e. The zero-order chi connectivity index (χ0) is 8.10.